The summed E-state index contributed by atoms with van der Waals surface area (Å²) in [7, 11) is 0. The summed E-state index contributed by atoms with van der Waals surface area (Å²) in [5, 5.41) is 0. The molecule has 1 nitrogen and oxygen atoms in total. The number of hydrogen-bond donors (Lipinski definition) is 0. The normalized spacial score (nSPS) is 30.1. The van der Waals surface area contributed by atoms with Crippen LogP contribution in [0.25, 0.3) is 0 Å². The lowest BCUT2D eigenvalue weighted by Crippen LogP contribution is -2.31. The number of halogens is 1. The molecule has 1 saturated heterocycles. The molecule has 3 atom stereocenters. The second-order valence-corrected chi connectivity index (χ2v) is 6.67. The molecule has 3 rings (SSSR count). The maximum absolute atomic E-state index is 6.68. The Hall–Kier alpha value is -1.31. The van der Waals surface area contributed by atoms with Crippen molar-refractivity contribution in [2.24, 2.45) is 0 Å². The number of benzene rings is 2. The van der Waals surface area contributed by atoms with Crippen LogP contribution in [0.4, 0.5) is 0 Å². The predicted molar refractivity (Wildman–Crippen MR) is 82.9 cm³/mol. The van der Waals surface area contributed by atoms with Gasteiger partial charge in [-0.1, -0.05) is 60.7 Å². The van der Waals surface area contributed by atoms with Gasteiger partial charge in [0, 0.05) is 4.87 Å². The van der Waals surface area contributed by atoms with E-state index in [4.69, 9.17) is 16.3 Å². The molecule has 0 saturated carbocycles. The van der Waals surface area contributed by atoms with Crippen LogP contribution in [0.2, 0.25) is 0 Å². The first-order chi connectivity index (χ1) is 9.64. The summed E-state index contributed by atoms with van der Waals surface area (Å²) >= 11 is 6.68. The van der Waals surface area contributed by atoms with Crippen LogP contribution < -0.4 is 0 Å². The van der Waals surface area contributed by atoms with E-state index < -0.39 is 0 Å². The van der Waals surface area contributed by atoms with Crippen molar-refractivity contribution in [1.29, 1.82) is 0 Å². The Morgan fingerprint density at radius 3 is 1.65 bits per heavy atom. The molecule has 0 amide bonds. The molecule has 0 aliphatic carbocycles. The standard InChI is InChI=1S/C18H19ClO/c1-18(19)12-16(14-8-4-2-5-9-14)20-17(13-18)15-10-6-3-7-11-15/h2-11,16-17H,12-13H2,1H3/t16-,17+,18?. The second kappa shape index (κ2) is 5.59. The van der Waals surface area contributed by atoms with Crippen molar-refractivity contribution in [2.45, 2.75) is 36.8 Å². The summed E-state index contributed by atoms with van der Waals surface area (Å²) < 4.78 is 6.31. The Morgan fingerprint density at radius 2 is 1.25 bits per heavy atom. The van der Waals surface area contributed by atoms with Crippen LogP contribution in [0.1, 0.15) is 43.1 Å². The van der Waals surface area contributed by atoms with Crippen LogP contribution in [0.15, 0.2) is 60.7 Å². The third kappa shape index (κ3) is 3.05. The summed E-state index contributed by atoms with van der Waals surface area (Å²) in [4.78, 5) is -0.223. The summed E-state index contributed by atoms with van der Waals surface area (Å²) in [6.07, 6.45) is 1.83. The van der Waals surface area contributed by atoms with E-state index in [9.17, 15) is 0 Å². The minimum absolute atomic E-state index is 0.0673. The molecule has 104 valence electrons. The van der Waals surface area contributed by atoms with Crippen LogP contribution in [0.5, 0.6) is 0 Å². The lowest BCUT2D eigenvalue weighted by molar-refractivity contribution is -0.0658. The van der Waals surface area contributed by atoms with Gasteiger partial charge in [-0.2, -0.15) is 0 Å². The maximum atomic E-state index is 6.68. The van der Waals surface area contributed by atoms with Crippen molar-refractivity contribution in [3.05, 3.63) is 71.8 Å². The van der Waals surface area contributed by atoms with E-state index in [0.29, 0.717) is 0 Å². The highest BCUT2D eigenvalue weighted by molar-refractivity contribution is 6.23. The van der Waals surface area contributed by atoms with E-state index in [2.05, 4.69) is 55.5 Å². The third-order valence-corrected chi connectivity index (χ3v) is 4.20. The number of alkyl halides is 1. The summed E-state index contributed by atoms with van der Waals surface area (Å²) in [5.74, 6) is 0. The average Bonchev–Trinajstić information content (AvgIpc) is 2.47. The molecule has 0 radical (unpaired) electrons. The molecule has 2 aromatic rings. The molecule has 1 unspecified atom stereocenters. The number of hydrogen-bond acceptors (Lipinski definition) is 1. The molecule has 2 aromatic carbocycles. The molecule has 0 N–H and O–H groups in total. The highest BCUT2D eigenvalue weighted by atomic mass is 35.5. The Kier molecular flexibility index (Phi) is 3.82. The van der Waals surface area contributed by atoms with Gasteiger partial charge in [0.15, 0.2) is 0 Å². The largest absolute Gasteiger partial charge is 0.365 e. The van der Waals surface area contributed by atoms with Gasteiger partial charge in [0.1, 0.15) is 0 Å². The summed E-state index contributed by atoms with van der Waals surface area (Å²) in [5.41, 5.74) is 2.42. The minimum Gasteiger partial charge on any atom is -0.365 e. The van der Waals surface area contributed by atoms with Crippen molar-refractivity contribution in [2.75, 3.05) is 0 Å². The van der Waals surface area contributed by atoms with Gasteiger partial charge in [-0.05, 0) is 30.9 Å². The average molecular weight is 287 g/mol. The van der Waals surface area contributed by atoms with E-state index in [1.807, 2.05) is 12.1 Å². The minimum atomic E-state index is -0.223. The third-order valence-electron chi connectivity index (χ3n) is 3.89. The van der Waals surface area contributed by atoms with E-state index in [0.717, 1.165) is 12.8 Å². The Balaban J connectivity index is 1.87. The quantitative estimate of drug-likeness (QED) is 0.683. The van der Waals surface area contributed by atoms with Gasteiger partial charge in [-0.15, -0.1) is 11.6 Å². The van der Waals surface area contributed by atoms with Crippen molar-refractivity contribution >= 4 is 11.6 Å². The highest BCUT2D eigenvalue weighted by Gasteiger charge is 2.37. The molecule has 0 spiro atoms. The van der Waals surface area contributed by atoms with Crippen LogP contribution >= 0.6 is 11.6 Å². The summed E-state index contributed by atoms with van der Waals surface area (Å²) in [6, 6.07) is 20.7. The van der Waals surface area contributed by atoms with Crippen LogP contribution in [0, 0.1) is 0 Å². The van der Waals surface area contributed by atoms with Crippen molar-refractivity contribution in [3.8, 4) is 0 Å². The SMILES string of the molecule is CC1(Cl)C[C@@H](c2ccccc2)O[C@@H](c2ccccc2)C1. The first-order valence-electron chi connectivity index (χ1n) is 7.08. The Bertz CT molecular complexity index is 501. The van der Waals surface area contributed by atoms with Crippen molar-refractivity contribution < 1.29 is 4.74 Å². The van der Waals surface area contributed by atoms with E-state index in [1.54, 1.807) is 0 Å². The van der Waals surface area contributed by atoms with Gasteiger partial charge in [0.05, 0.1) is 12.2 Å². The van der Waals surface area contributed by atoms with E-state index in [-0.39, 0.29) is 17.1 Å². The smallest absolute Gasteiger partial charge is 0.0850 e. The summed E-state index contributed by atoms with van der Waals surface area (Å²) in [6.45, 7) is 2.11. The second-order valence-electron chi connectivity index (χ2n) is 5.76. The zero-order chi connectivity index (χ0) is 14.0. The van der Waals surface area contributed by atoms with E-state index in [1.165, 1.54) is 11.1 Å². The van der Waals surface area contributed by atoms with Crippen LogP contribution in [0.3, 0.4) is 0 Å². The molecule has 0 aromatic heterocycles. The van der Waals surface area contributed by atoms with Crippen LogP contribution in [-0.4, -0.2) is 4.87 Å². The van der Waals surface area contributed by atoms with E-state index >= 15 is 0 Å². The molecule has 1 aliphatic rings. The van der Waals surface area contributed by atoms with Gasteiger partial charge < -0.3 is 4.74 Å². The van der Waals surface area contributed by atoms with Gasteiger partial charge in [0.25, 0.3) is 0 Å². The molecular formula is C18H19ClO. The van der Waals surface area contributed by atoms with Crippen molar-refractivity contribution in [3.63, 3.8) is 0 Å². The zero-order valence-corrected chi connectivity index (χ0v) is 12.4. The molecule has 0 bridgehead atoms. The molecular weight excluding hydrogens is 268 g/mol. The number of ether oxygens (including phenoxy) is 1. The van der Waals surface area contributed by atoms with Gasteiger partial charge in [0.2, 0.25) is 0 Å². The molecule has 1 fully saturated rings. The van der Waals surface area contributed by atoms with Gasteiger partial charge in [-0.3, -0.25) is 0 Å². The molecule has 1 aliphatic heterocycles. The maximum Gasteiger partial charge on any atom is 0.0850 e. The van der Waals surface area contributed by atoms with Gasteiger partial charge >= 0.3 is 0 Å². The highest BCUT2D eigenvalue weighted by Crippen LogP contribution is 2.46. The monoisotopic (exact) mass is 286 g/mol. The number of rotatable bonds is 2. The molecule has 2 heteroatoms. The fourth-order valence-electron chi connectivity index (χ4n) is 2.88. The fraction of sp³-hybridized carbons (Fsp3) is 0.333. The lowest BCUT2D eigenvalue weighted by atomic mass is 9.87. The van der Waals surface area contributed by atoms with Crippen molar-refractivity contribution in [1.82, 2.24) is 0 Å². The fourth-order valence-corrected chi connectivity index (χ4v) is 3.16. The first kappa shape index (κ1) is 13.7. The van der Waals surface area contributed by atoms with Crippen LogP contribution in [-0.2, 0) is 4.74 Å². The zero-order valence-electron chi connectivity index (χ0n) is 11.6. The Morgan fingerprint density at radius 1 is 0.850 bits per heavy atom. The topological polar surface area (TPSA) is 9.23 Å². The molecule has 20 heavy (non-hydrogen) atoms. The van der Waals surface area contributed by atoms with Gasteiger partial charge in [-0.25, -0.2) is 0 Å². The lowest BCUT2D eigenvalue weighted by Gasteiger charge is -2.39. The molecule has 1 heterocycles. The predicted octanol–water partition coefficient (Wildman–Crippen LogP) is 5.28. The Labute approximate surface area is 125 Å². The first-order valence-corrected chi connectivity index (χ1v) is 7.46.